The molecule has 0 spiro atoms. The van der Waals surface area contributed by atoms with Crippen molar-refractivity contribution in [3.05, 3.63) is 0 Å². The van der Waals surface area contributed by atoms with Crippen molar-refractivity contribution >= 4 is 63.7 Å². The number of ether oxygens (including phenoxy) is 3. The summed E-state index contributed by atoms with van der Waals surface area (Å²) in [4.78, 5) is 0.900. The first kappa shape index (κ1) is 15.2. The molecule has 4 unspecified atom stereocenters. The molecule has 2 aliphatic heterocycles. The molecule has 2 heterocycles. The molecule has 17 heavy (non-hydrogen) atoms. The highest BCUT2D eigenvalue weighted by molar-refractivity contribution is 9.10. The van der Waals surface area contributed by atoms with Crippen LogP contribution in [0.3, 0.4) is 0 Å². The van der Waals surface area contributed by atoms with Crippen LogP contribution in [0.5, 0.6) is 0 Å². The monoisotopic (exact) mass is 498 g/mol. The maximum Gasteiger partial charge on any atom is 0.0874 e. The van der Waals surface area contributed by atoms with E-state index in [1.54, 1.807) is 0 Å². The second kappa shape index (κ2) is 6.99. The lowest BCUT2D eigenvalue weighted by Crippen LogP contribution is -2.51. The predicted octanol–water partition coefficient (Wildman–Crippen LogP) is 2.85. The smallest absolute Gasteiger partial charge is 0.0874 e. The van der Waals surface area contributed by atoms with E-state index in [-0.39, 0.29) is 31.5 Å². The number of halogens is 4. The van der Waals surface area contributed by atoms with E-state index in [1.165, 1.54) is 0 Å². The summed E-state index contributed by atoms with van der Waals surface area (Å²) in [5.74, 6) is 0. The fourth-order valence-corrected chi connectivity index (χ4v) is 5.48. The van der Waals surface area contributed by atoms with E-state index >= 15 is 0 Å². The molecule has 2 rings (SSSR count). The minimum atomic E-state index is 0.118. The molecule has 0 amide bonds. The molecule has 0 bridgehead atoms. The molecule has 100 valence electrons. The second-order valence-corrected chi connectivity index (χ2v) is 8.91. The molecule has 0 aromatic heterocycles. The fourth-order valence-electron chi connectivity index (χ4n) is 1.94. The van der Waals surface area contributed by atoms with E-state index in [4.69, 9.17) is 14.2 Å². The van der Waals surface area contributed by atoms with Gasteiger partial charge in [0.25, 0.3) is 0 Å². The zero-order valence-electron chi connectivity index (χ0n) is 9.03. The summed E-state index contributed by atoms with van der Waals surface area (Å²) in [7, 11) is 0. The SMILES string of the molecule is BrC1COCC(Br)C1OC1C(Br)COCC1Br. The van der Waals surface area contributed by atoms with Crippen LogP contribution in [0, 0.1) is 0 Å². The van der Waals surface area contributed by atoms with E-state index in [1.807, 2.05) is 0 Å². The minimum absolute atomic E-state index is 0.118. The quantitative estimate of drug-likeness (QED) is 0.545. The summed E-state index contributed by atoms with van der Waals surface area (Å²) in [5, 5.41) is 0. The number of alkyl halides is 4. The van der Waals surface area contributed by atoms with E-state index in [2.05, 4.69) is 63.7 Å². The van der Waals surface area contributed by atoms with Crippen molar-refractivity contribution in [2.45, 2.75) is 31.5 Å². The van der Waals surface area contributed by atoms with Crippen molar-refractivity contribution < 1.29 is 14.2 Å². The lowest BCUT2D eigenvalue weighted by molar-refractivity contribution is -0.0821. The van der Waals surface area contributed by atoms with E-state index in [0.29, 0.717) is 26.4 Å². The third-order valence-corrected chi connectivity index (χ3v) is 5.99. The number of hydrogen-bond donors (Lipinski definition) is 0. The first-order valence-corrected chi connectivity index (χ1v) is 9.13. The van der Waals surface area contributed by atoms with E-state index in [9.17, 15) is 0 Å². The van der Waals surface area contributed by atoms with Crippen molar-refractivity contribution in [2.75, 3.05) is 26.4 Å². The maximum absolute atomic E-state index is 6.23. The third kappa shape index (κ3) is 3.89. The fraction of sp³-hybridized carbons (Fsp3) is 1.00. The van der Waals surface area contributed by atoms with E-state index in [0.717, 1.165) is 0 Å². The summed E-state index contributed by atoms with van der Waals surface area (Å²) in [6.07, 6.45) is 0.235. The highest BCUT2D eigenvalue weighted by atomic mass is 79.9. The van der Waals surface area contributed by atoms with Gasteiger partial charge in [-0.2, -0.15) is 0 Å². The zero-order chi connectivity index (χ0) is 12.4. The van der Waals surface area contributed by atoms with Crippen LogP contribution in [0.2, 0.25) is 0 Å². The van der Waals surface area contributed by atoms with Gasteiger partial charge in [0.2, 0.25) is 0 Å². The summed E-state index contributed by atoms with van der Waals surface area (Å²) < 4.78 is 17.1. The van der Waals surface area contributed by atoms with E-state index < -0.39 is 0 Å². The Morgan fingerprint density at radius 2 is 0.941 bits per heavy atom. The summed E-state index contributed by atoms with van der Waals surface area (Å²) in [5.41, 5.74) is 0. The van der Waals surface area contributed by atoms with Gasteiger partial charge in [-0.3, -0.25) is 0 Å². The van der Waals surface area contributed by atoms with Crippen molar-refractivity contribution in [3.8, 4) is 0 Å². The normalized spacial score (nSPS) is 48.0. The van der Waals surface area contributed by atoms with Gasteiger partial charge in [-0.15, -0.1) is 0 Å². The Bertz CT molecular complexity index is 212. The van der Waals surface area contributed by atoms with Crippen molar-refractivity contribution in [2.24, 2.45) is 0 Å². The van der Waals surface area contributed by atoms with Gasteiger partial charge in [0.05, 0.1) is 57.9 Å². The molecule has 0 aliphatic carbocycles. The van der Waals surface area contributed by atoms with Gasteiger partial charge in [-0.25, -0.2) is 0 Å². The molecule has 2 aliphatic rings. The summed E-state index contributed by atoms with van der Waals surface area (Å²) in [6.45, 7) is 2.76. The Labute approximate surface area is 135 Å². The molecule has 0 N–H and O–H groups in total. The summed E-state index contributed by atoms with van der Waals surface area (Å²) in [6, 6.07) is 0. The Morgan fingerprint density at radius 1 is 0.647 bits per heavy atom. The molecule has 4 atom stereocenters. The molecular formula is C10H14Br4O3. The van der Waals surface area contributed by atoms with Crippen LogP contribution >= 0.6 is 63.7 Å². The molecule has 0 aromatic rings. The third-order valence-electron chi connectivity index (χ3n) is 2.85. The lowest BCUT2D eigenvalue weighted by atomic mass is 10.1. The number of hydrogen-bond acceptors (Lipinski definition) is 3. The Hall–Kier alpha value is 1.80. The van der Waals surface area contributed by atoms with Crippen LogP contribution in [-0.4, -0.2) is 57.9 Å². The van der Waals surface area contributed by atoms with Gasteiger partial charge in [0.15, 0.2) is 0 Å². The molecule has 7 heteroatoms. The molecule has 2 fully saturated rings. The van der Waals surface area contributed by atoms with Crippen LogP contribution in [0.25, 0.3) is 0 Å². The van der Waals surface area contributed by atoms with Crippen LogP contribution in [0.1, 0.15) is 0 Å². The molecule has 0 saturated carbocycles. The first-order valence-electron chi connectivity index (χ1n) is 5.47. The lowest BCUT2D eigenvalue weighted by Gasteiger charge is -2.39. The van der Waals surface area contributed by atoms with Crippen LogP contribution in [0.4, 0.5) is 0 Å². The van der Waals surface area contributed by atoms with Crippen molar-refractivity contribution in [1.29, 1.82) is 0 Å². The maximum atomic E-state index is 6.23. The highest BCUT2D eigenvalue weighted by Gasteiger charge is 2.39. The van der Waals surface area contributed by atoms with Crippen LogP contribution < -0.4 is 0 Å². The van der Waals surface area contributed by atoms with Gasteiger partial charge < -0.3 is 14.2 Å². The number of rotatable bonds is 2. The minimum Gasteiger partial charge on any atom is -0.379 e. The average molecular weight is 502 g/mol. The topological polar surface area (TPSA) is 27.7 Å². The molecule has 0 radical (unpaired) electrons. The van der Waals surface area contributed by atoms with Gasteiger partial charge in [-0.1, -0.05) is 63.7 Å². The van der Waals surface area contributed by atoms with Crippen molar-refractivity contribution in [1.82, 2.24) is 0 Å². The van der Waals surface area contributed by atoms with Gasteiger partial charge in [0.1, 0.15) is 0 Å². The Morgan fingerprint density at radius 3 is 1.24 bits per heavy atom. The van der Waals surface area contributed by atoms with Crippen LogP contribution in [0.15, 0.2) is 0 Å². The predicted molar refractivity (Wildman–Crippen MR) is 81.2 cm³/mol. The molecular weight excluding hydrogens is 488 g/mol. The molecule has 0 aromatic carbocycles. The van der Waals surface area contributed by atoms with Gasteiger partial charge >= 0.3 is 0 Å². The molecule has 3 nitrogen and oxygen atoms in total. The van der Waals surface area contributed by atoms with Gasteiger partial charge in [-0.05, 0) is 0 Å². The largest absolute Gasteiger partial charge is 0.379 e. The molecule has 2 saturated heterocycles. The zero-order valence-corrected chi connectivity index (χ0v) is 15.4. The first-order chi connectivity index (χ1) is 8.09. The Balaban J connectivity index is 1.97. The Kier molecular flexibility index (Phi) is 6.25. The standard InChI is InChI=1S/C10H14Br4O3/c11-5-1-15-2-6(12)9(5)17-10-7(13)3-16-4-8(10)14/h5-10H,1-4H2. The second-order valence-electron chi connectivity index (χ2n) is 4.20. The van der Waals surface area contributed by atoms with Crippen molar-refractivity contribution in [3.63, 3.8) is 0 Å². The average Bonchev–Trinajstić information content (AvgIpc) is 2.27. The van der Waals surface area contributed by atoms with Gasteiger partial charge in [0, 0.05) is 0 Å². The summed E-state index contributed by atoms with van der Waals surface area (Å²) >= 11 is 14.5. The van der Waals surface area contributed by atoms with Crippen LogP contribution in [-0.2, 0) is 14.2 Å². The highest BCUT2D eigenvalue weighted by Crippen LogP contribution is 2.31.